The third kappa shape index (κ3) is 5.03. The van der Waals surface area contributed by atoms with Crippen LogP contribution in [0, 0.1) is 6.92 Å². The fourth-order valence-corrected chi connectivity index (χ4v) is 2.83. The Morgan fingerprint density at radius 3 is 2.82 bits per heavy atom. The Balaban J connectivity index is 1.87. The lowest BCUT2D eigenvalue weighted by Crippen LogP contribution is -2.17. The van der Waals surface area contributed by atoms with Crippen molar-refractivity contribution < 1.29 is 13.9 Å². The predicted octanol–water partition coefficient (Wildman–Crippen LogP) is 4.14. The molecule has 1 aromatic carbocycles. The second kappa shape index (κ2) is 8.20. The molecule has 10 heteroatoms. The van der Waals surface area contributed by atoms with Gasteiger partial charge >= 0.3 is 0 Å². The van der Waals surface area contributed by atoms with Gasteiger partial charge in [-0.05, 0) is 42.8 Å². The average Bonchev–Trinajstić information content (AvgIpc) is 2.99. The molecule has 0 aliphatic carbocycles. The lowest BCUT2D eigenvalue weighted by molar-refractivity contribution is -0.108. The number of nitrogens with zero attached hydrogens (tertiary/aromatic N) is 4. The molecule has 2 heterocycles. The average molecular weight is 422 g/mol. The number of benzene rings is 1. The summed E-state index contributed by atoms with van der Waals surface area (Å²) >= 11 is 5.94. The first-order valence-electron chi connectivity index (χ1n) is 8.30. The summed E-state index contributed by atoms with van der Waals surface area (Å²) < 4.78 is 20.4. The summed E-state index contributed by atoms with van der Waals surface area (Å²) in [6, 6.07) is 8.54. The maximum atomic E-state index is 13.7. The molecular formula is C18H18ClFN5O2P. The van der Waals surface area contributed by atoms with Crippen LogP contribution in [-0.2, 0) is 11.3 Å². The molecule has 0 saturated carbocycles. The first kappa shape index (κ1) is 20.2. The van der Waals surface area contributed by atoms with E-state index in [9.17, 15) is 9.18 Å². The number of aromatic nitrogens is 4. The standard InChI is InChI=1S/C18H18ClFN5O2P/c1-11-9-13(3-4-14(11)27-18(2,20)28)22-17-23-16(25(24-17)7-8-26)12-5-6-21-15(19)10-12/h3-6,8-10H,7,28H2,1-2H3,(H,22,24). The molecule has 0 amide bonds. The molecule has 0 bridgehead atoms. The van der Waals surface area contributed by atoms with E-state index in [2.05, 4.69) is 20.4 Å². The molecule has 0 aliphatic rings. The van der Waals surface area contributed by atoms with E-state index < -0.39 is 5.60 Å². The summed E-state index contributed by atoms with van der Waals surface area (Å²) in [5.74, 6) is 1.21. The molecule has 0 aliphatic heterocycles. The van der Waals surface area contributed by atoms with E-state index in [0.717, 1.165) is 11.8 Å². The minimum absolute atomic E-state index is 0.0407. The van der Waals surface area contributed by atoms with E-state index in [1.807, 2.05) is 9.24 Å². The normalized spacial score (nSPS) is 13.0. The highest BCUT2D eigenvalue weighted by Gasteiger charge is 2.19. The van der Waals surface area contributed by atoms with Crippen LogP contribution < -0.4 is 10.1 Å². The number of aldehydes is 1. The smallest absolute Gasteiger partial charge is 0.256 e. The van der Waals surface area contributed by atoms with Crippen molar-refractivity contribution in [2.45, 2.75) is 26.0 Å². The summed E-state index contributed by atoms with van der Waals surface area (Å²) in [6.07, 6.45) is 2.29. The molecule has 1 N–H and O–H groups in total. The van der Waals surface area contributed by atoms with Gasteiger partial charge in [0.25, 0.3) is 5.60 Å². The lowest BCUT2D eigenvalue weighted by Gasteiger charge is -2.19. The van der Waals surface area contributed by atoms with E-state index in [-0.39, 0.29) is 6.54 Å². The fourth-order valence-electron chi connectivity index (χ4n) is 2.53. The van der Waals surface area contributed by atoms with Gasteiger partial charge in [-0.25, -0.2) is 9.67 Å². The topological polar surface area (TPSA) is 81.9 Å². The van der Waals surface area contributed by atoms with Crippen LogP contribution in [-0.4, -0.2) is 31.6 Å². The number of hydrogen-bond donors (Lipinski definition) is 1. The van der Waals surface area contributed by atoms with E-state index in [0.29, 0.717) is 33.9 Å². The Labute approximate surface area is 168 Å². The first-order chi connectivity index (χ1) is 13.2. The molecule has 0 spiro atoms. The van der Waals surface area contributed by atoms with Gasteiger partial charge in [0.05, 0.1) is 6.54 Å². The Morgan fingerprint density at radius 1 is 1.39 bits per heavy atom. The number of aryl methyl sites for hydroxylation is 1. The summed E-state index contributed by atoms with van der Waals surface area (Å²) in [5, 5.41) is 7.71. The highest BCUT2D eigenvalue weighted by molar-refractivity contribution is 7.18. The van der Waals surface area contributed by atoms with Crippen molar-refractivity contribution in [1.29, 1.82) is 0 Å². The minimum Gasteiger partial charge on any atom is -0.455 e. The van der Waals surface area contributed by atoms with Gasteiger partial charge in [0.1, 0.15) is 17.2 Å². The van der Waals surface area contributed by atoms with Gasteiger partial charge in [0.2, 0.25) is 5.95 Å². The minimum atomic E-state index is -1.85. The van der Waals surface area contributed by atoms with Gasteiger partial charge in [0.15, 0.2) is 5.82 Å². The summed E-state index contributed by atoms with van der Waals surface area (Å²) in [7, 11) is 1.99. The number of alkyl halides is 1. The first-order valence-corrected chi connectivity index (χ1v) is 9.25. The van der Waals surface area contributed by atoms with Crippen LogP contribution >= 0.6 is 20.8 Å². The third-order valence-electron chi connectivity index (χ3n) is 3.64. The highest BCUT2D eigenvalue weighted by Crippen LogP contribution is 2.30. The molecule has 7 nitrogen and oxygen atoms in total. The quantitative estimate of drug-likeness (QED) is 0.351. The van der Waals surface area contributed by atoms with Crippen molar-refractivity contribution in [2.75, 3.05) is 5.32 Å². The molecule has 2 atom stereocenters. The van der Waals surface area contributed by atoms with Crippen molar-refractivity contribution in [3.63, 3.8) is 0 Å². The molecule has 0 fully saturated rings. The second-order valence-corrected chi connectivity index (χ2v) is 7.59. The van der Waals surface area contributed by atoms with Crippen LogP contribution in [0.4, 0.5) is 16.0 Å². The number of nitrogens with one attached hydrogen (secondary N) is 1. The maximum Gasteiger partial charge on any atom is 0.256 e. The number of anilines is 2. The number of carbonyl (C=O) groups excluding carboxylic acids is 1. The Morgan fingerprint density at radius 2 is 2.18 bits per heavy atom. The van der Waals surface area contributed by atoms with Crippen LogP contribution in [0.1, 0.15) is 12.5 Å². The van der Waals surface area contributed by atoms with Crippen LogP contribution in [0.3, 0.4) is 0 Å². The van der Waals surface area contributed by atoms with Crippen LogP contribution in [0.5, 0.6) is 5.75 Å². The van der Waals surface area contributed by atoms with E-state index in [1.54, 1.807) is 43.5 Å². The van der Waals surface area contributed by atoms with E-state index >= 15 is 0 Å². The van der Waals surface area contributed by atoms with Gasteiger partial charge in [-0.15, -0.1) is 5.10 Å². The highest BCUT2D eigenvalue weighted by atomic mass is 35.5. The van der Waals surface area contributed by atoms with Gasteiger partial charge in [-0.2, -0.15) is 9.37 Å². The summed E-state index contributed by atoms with van der Waals surface area (Å²) in [6.45, 7) is 3.15. The zero-order valence-corrected chi connectivity index (χ0v) is 17.1. The van der Waals surface area contributed by atoms with Gasteiger partial charge in [-0.3, -0.25) is 0 Å². The molecule has 2 unspecified atom stereocenters. The number of ether oxygens (including phenoxy) is 1. The van der Waals surface area contributed by atoms with Crippen molar-refractivity contribution >= 4 is 38.8 Å². The predicted molar refractivity (Wildman–Crippen MR) is 109 cm³/mol. The zero-order chi connectivity index (χ0) is 20.3. The molecule has 3 aromatic rings. The SMILES string of the molecule is Cc1cc(Nc2nc(-c3ccnc(Cl)c3)n(CC=O)n2)ccc1OC(C)(F)P. The summed E-state index contributed by atoms with van der Waals surface area (Å²) in [5.41, 5.74) is 0.266. The summed E-state index contributed by atoms with van der Waals surface area (Å²) in [4.78, 5) is 19.4. The van der Waals surface area contributed by atoms with Crippen molar-refractivity contribution in [3.05, 3.63) is 47.2 Å². The monoisotopic (exact) mass is 421 g/mol. The van der Waals surface area contributed by atoms with Crippen molar-refractivity contribution in [2.24, 2.45) is 0 Å². The second-order valence-electron chi connectivity index (χ2n) is 6.17. The molecule has 0 saturated heterocycles. The molecule has 2 aromatic heterocycles. The Bertz CT molecular complexity index is 1010. The Hall–Kier alpha value is -2.57. The molecule has 0 radical (unpaired) electrons. The number of carbonyl (C=O) groups is 1. The number of rotatable bonds is 7. The largest absolute Gasteiger partial charge is 0.455 e. The van der Waals surface area contributed by atoms with E-state index in [4.69, 9.17) is 16.3 Å². The van der Waals surface area contributed by atoms with Gasteiger partial charge in [0, 0.05) is 24.4 Å². The third-order valence-corrected chi connectivity index (χ3v) is 3.97. The lowest BCUT2D eigenvalue weighted by atomic mass is 10.2. The molecule has 3 rings (SSSR count). The van der Waals surface area contributed by atoms with Gasteiger partial charge < -0.3 is 14.8 Å². The maximum absolute atomic E-state index is 13.7. The molecule has 146 valence electrons. The number of halogens is 2. The van der Waals surface area contributed by atoms with Crippen LogP contribution in [0.15, 0.2) is 36.5 Å². The molecular weight excluding hydrogens is 404 g/mol. The Kier molecular flexibility index (Phi) is 5.91. The number of hydrogen-bond acceptors (Lipinski definition) is 6. The van der Waals surface area contributed by atoms with Crippen molar-refractivity contribution in [3.8, 4) is 17.1 Å². The van der Waals surface area contributed by atoms with Crippen LogP contribution in [0.25, 0.3) is 11.4 Å². The van der Waals surface area contributed by atoms with Crippen LogP contribution in [0.2, 0.25) is 5.15 Å². The number of pyridine rings is 1. The van der Waals surface area contributed by atoms with Crippen molar-refractivity contribution in [1.82, 2.24) is 19.7 Å². The molecule has 28 heavy (non-hydrogen) atoms. The van der Waals surface area contributed by atoms with E-state index in [1.165, 1.54) is 11.6 Å². The van der Waals surface area contributed by atoms with Gasteiger partial charge in [-0.1, -0.05) is 20.8 Å². The zero-order valence-electron chi connectivity index (χ0n) is 15.2. The fraction of sp³-hybridized carbons (Fsp3) is 0.222.